The van der Waals surface area contributed by atoms with Crippen LogP contribution in [0.3, 0.4) is 0 Å². The lowest BCUT2D eigenvalue weighted by molar-refractivity contribution is 0.473. The van der Waals surface area contributed by atoms with Crippen molar-refractivity contribution in [2.24, 2.45) is 0 Å². The molecular formula is C12H10N4O. The molecule has 0 saturated heterocycles. The fraction of sp³-hybridized carbons (Fsp3) is 0.0833. The van der Waals surface area contributed by atoms with Crippen molar-refractivity contribution >= 4 is 5.65 Å². The zero-order valence-electron chi connectivity index (χ0n) is 9.20. The lowest BCUT2D eigenvalue weighted by atomic mass is 10.2. The van der Waals surface area contributed by atoms with Gasteiger partial charge in [-0.25, -0.2) is 9.50 Å². The van der Waals surface area contributed by atoms with Crippen LogP contribution in [0.1, 0.15) is 5.69 Å². The predicted octanol–water partition coefficient (Wildman–Crippen LogP) is 1.81. The molecule has 0 aliphatic rings. The first-order valence-corrected chi connectivity index (χ1v) is 5.20. The van der Waals surface area contributed by atoms with Gasteiger partial charge < -0.3 is 5.11 Å². The molecule has 3 rings (SSSR count). The van der Waals surface area contributed by atoms with E-state index >= 15 is 0 Å². The molecule has 5 heteroatoms. The maximum Gasteiger partial charge on any atom is 0.153 e. The molecule has 3 aromatic rings. The number of imidazole rings is 1. The molecule has 1 N–H and O–H groups in total. The van der Waals surface area contributed by atoms with E-state index in [2.05, 4.69) is 15.1 Å². The van der Waals surface area contributed by atoms with Crippen molar-refractivity contribution in [1.29, 1.82) is 0 Å². The van der Waals surface area contributed by atoms with Gasteiger partial charge in [0.05, 0.1) is 23.8 Å². The summed E-state index contributed by atoms with van der Waals surface area (Å²) in [5, 5.41) is 13.8. The number of pyridine rings is 1. The van der Waals surface area contributed by atoms with E-state index in [1.165, 1.54) is 6.20 Å². The molecule has 0 aromatic carbocycles. The molecule has 0 amide bonds. The normalized spacial score (nSPS) is 10.9. The minimum absolute atomic E-state index is 0.131. The number of nitrogens with zero attached hydrogens (tertiary/aromatic N) is 4. The summed E-state index contributed by atoms with van der Waals surface area (Å²) in [6, 6.07) is 5.38. The average Bonchev–Trinajstić information content (AvgIpc) is 2.68. The number of aryl methyl sites for hydroxylation is 1. The summed E-state index contributed by atoms with van der Waals surface area (Å²) in [4.78, 5) is 8.23. The lowest BCUT2D eigenvalue weighted by Gasteiger charge is -2.01. The van der Waals surface area contributed by atoms with Gasteiger partial charge in [-0.2, -0.15) is 5.10 Å². The minimum Gasteiger partial charge on any atom is -0.506 e. The van der Waals surface area contributed by atoms with E-state index in [4.69, 9.17) is 0 Å². The van der Waals surface area contributed by atoms with Crippen LogP contribution in [0.5, 0.6) is 5.75 Å². The lowest BCUT2D eigenvalue weighted by Crippen LogP contribution is -1.93. The molecule has 0 radical (unpaired) electrons. The molecule has 0 saturated carbocycles. The average molecular weight is 226 g/mol. The monoisotopic (exact) mass is 226 g/mol. The standard InChI is InChI=1S/C12H10N4O/c1-8-7-16-12(14-8)3-2-11(15-16)9-4-10(17)6-13-5-9/h2-7,17H,1H3. The Bertz CT molecular complexity index is 690. The van der Waals surface area contributed by atoms with E-state index in [9.17, 15) is 5.11 Å². The van der Waals surface area contributed by atoms with Crippen molar-refractivity contribution in [3.8, 4) is 17.0 Å². The topological polar surface area (TPSA) is 63.3 Å². The molecule has 0 bridgehead atoms. The highest BCUT2D eigenvalue weighted by molar-refractivity contribution is 5.60. The van der Waals surface area contributed by atoms with Gasteiger partial charge in [0.2, 0.25) is 0 Å². The zero-order chi connectivity index (χ0) is 11.8. The number of aromatic nitrogens is 4. The van der Waals surface area contributed by atoms with Crippen LogP contribution in [0.25, 0.3) is 16.9 Å². The van der Waals surface area contributed by atoms with E-state index < -0.39 is 0 Å². The number of aromatic hydroxyl groups is 1. The summed E-state index contributed by atoms with van der Waals surface area (Å²) in [7, 11) is 0. The van der Waals surface area contributed by atoms with Crippen LogP contribution < -0.4 is 0 Å². The van der Waals surface area contributed by atoms with Gasteiger partial charge in [-0.05, 0) is 25.1 Å². The molecule has 17 heavy (non-hydrogen) atoms. The number of hydrogen-bond donors (Lipinski definition) is 1. The Morgan fingerprint density at radius 1 is 1.24 bits per heavy atom. The summed E-state index contributed by atoms with van der Waals surface area (Å²) in [6.45, 7) is 1.92. The van der Waals surface area contributed by atoms with Crippen molar-refractivity contribution in [2.75, 3.05) is 0 Å². The number of fused-ring (bicyclic) bond motifs is 1. The summed E-state index contributed by atoms with van der Waals surface area (Å²) < 4.78 is 1.72. The third-order valence-electron chi connectivity index (χ3n) is 2.46. The van der Waals surface area contributed by atoms with E-state index in [1.54, 1.807) is 16.8 Å². The summed E-state index contributed by atoms with van der Waals surface area (Å²) in [5.41, 5.74) is 3.25. The van der Waals surface area contributed by atoms with E-state index in [0.717, 1.165) is 22.6 Å². The highest BCUT2D eigenvalue weighted by Crippen LogP contribution is 2.20. The fourth-order valence-corrected chi connectivity index (χ4v) is 1.72. The van der Waals surface area contributed by atoms with Crippen LogP contribution in [0.2, 0.25) is 0 Å². The fourth-order valence-electron chi connectivity index (χ4n) is 1.72. The maximum absolute atomic E-state index is 9.38. The Morgan fingerprint density at radius 2 is 2.12 bits per heavy atom. The Balaban J connectivity index is 2.17. The van der Waals surface area contributed by atoms with Crippen molar-refractivity contribution in [3.05, 3.63) is 42.5 Å². The van der Waals surface area contributed by atoms with Gasteiger partial charge in [-0.1, -0.05) is 0 Å². The van der Waals surface area contributed by atoms with E-state index in [1.807, 2.05) is 25.3 Å². The predicted molar refractivity (Wildman–Crippen MR) is 62.6 cm³/mol. The van der Waals surface area contributed by atoms with Crippen molar-refractivity contribution in [1.82, 2.24) is 19.6 Å². The highest BCUT2D eigenvalue weighted by Gasteiger charge is 2.04. The van der Waals surface area contributed by atoms with Crippen LogP contribution in [-0.2, 0) is 0 Å². The number of rotatable bonds is 1. The van der Waals surface area contributed by atoms with Crippen LogP contribution in [0.4, 0.5) is 0 Å². The smallest absolute Gasteiger partial charge is 0.153 e. The first-order valence-electron chi connectivity index (χ1n) is 5.20. The quantitative estimate of drug-likeness (QED) is 0.687. The van der Waals surface area contributed by atoms with Crippen LogP contribution >= 0.6 is 0 Å². The highest BCUT2D eigenvalue weighted by atomic mass is 16.3. The largest absolute Gasteiger partial charge is 0.506 e. The number of hydrogen-bond acceptors (Lipinski definition) is 4. The summed E-state index contributed by atoms with van der Waals surface area (Å²) in [5.74, 6) is 0.131. The van der Waals surface area contributed by atoms with Crippen molar-refractivity contribution < 1.29 is 5.11 Å². The summed E-state index contributed by atoms with van der Waals surface area (Å²) >= 11 is 0. The summed E-state index contributed by atoms with van der Waals surface area (Å²) in [6.07, 6.45) is 4.91. The molecule has 0 aliphatic heterocycles. The van der Waals surface area contributed by atoms with Crippen LogP contribution in [0.15, 0.2) is 36.8 Å². The molecule has 3 aromatic heterocycles. The molecule has 0 unspecified atom stereocenters. The molecule has 3 heterocycles. The van der Waals surface area contributed by atoms with Gasteiger partial charge in [0.15, 0.2) is 5.65 Å². The maximum atomic E-state index is 9.38. The van der Waals surface area contributed by atoms with Gasteiger partial charge in [-0.15, -0.1) is 0 Å². The molecule has 0 spiro atoms. The molecule has 84 valence electrons. The third-order valence-corrected chi connectivity index (χ3v) is 2.46. The second-order valence-electron chi connectivity index (χ2n) is 3.84. The SMILES string of the molecule is Cc1cn2nc(-c3cncc(O)c3)ccc2n1. The first-order chi connectivity index (χ1) is 8.22. The van der Waals surface area contributed by atoms with Gasteiger partial charge in [0.1, 0.15) is 5.75 Å². The van der Waals surface area contributed by atoms with Gasteiger partial charge in [-0.3, -0.25) is 4.98 Å². The molecule has 0 aliphatic carbocycles. The second-order valence-corrected chi connectivity index (χ2v) is 3.84. The Kier molecular flexibility index (Phi) is 2.04. The molecular weight excluding hydrogens is 216 g/mol. The second kappa shape index (κ2) is 3.55. The van der Waals surface area contributed by atoms with E-state index in [-0.39, 0.29) is 5.75 Å². The van der Waals surface area contributed by atoms with Gasteiger partial charge in [0, 0.05) is 11.8 Å². The van der Waals surface area contributed by atoms with Crippen molar-refractivity contribution in [2.45, 2.75) is 6.92 Å². The third kappa shape index (κ3) is 1.71. The Hall–Kier alpha value is -2.43. The zero-order valence-corrected chi connectivity index (χ0v) is 9.20. The van der Waals surface area contributed by atoms with Gasteiger partial charge in [0.25, 0.3) is 0 Å². The van der Waals surface area contributed by atoms with Gasteiger partial charge >= 0.3 is 0 Å². The van der Waals surface area contributed by atoms with E-state index in [0.29, 0.717) is 0 Å². The van der Waals surface area contributed by atoms with Crippen LogP contribution in [-0.4, -0.2) is 24.7 Å². The van der Waals surface area contributed by atoms with Crippen molar-refractivity contribution in [3.63, 3.8) is 0 Å². The van der Waals surface area contributed by atoms with Crippen LogP contribution in [0, 0.1) is 6.92 Å². The molecule has 5 nitrogen and oxygen atoms in total. The Morgan fingerprint density at radius 3 is 2.94 bits per heavy atom. The molecule has 0 fully saturated rings. The first kappa shape index (κ1) is 9.77. The molecule has 0 atom stereocenters. The Labute approximate surface area is 97.4 Å². The minimum atomic E-state index is 0.131.